The van der Waals surface area contributed by atoms with Crippen LogP contribution in [0.2, 0.25) is 0 Å². The van der Waals surface area contributed by atoms with Gasteiger partial charge in [-0.3, -0.25) is 9.69 Å². The normalized spacial score (nSPS) is 15.6. The summed E-state index contributed by atoms with van der Waals surface area (Å²) in [6.45, 7) is 7.46. The summed E-state index contributed by atoms with van der Waals surface area (Å²) in [4.78, 5) is 13.7. The van der Waals surface area contributed by atoms with E-state index in [9.17, 15) is 4.79 Å². The van der Waals surface area contributed by atoms with Crippen molar-refractivity contribution in [3.05, 3.63) is 41.5 Å². The number of hydrogen-bond acceptors (Lipinski definition) is 3. The highest BCUT2D eigenvalue weighted by Crippen LogP contribution is 2.22. The number of ether oxygens (including phenoxy) is 1. The van der Waals surface area contributed by atoms with Crippen LogP contribution < -0.4 is 0 Å². The van der Waals surface area contributed by atoms with E-state index >= 15 is 0 Å². The van der Waals surface area contributed by atoms with Crippen molar-refractivity contribution >= 4 is 11.5 Å². The van der Waals surface area contributed by atoms with E-state index in [4.69, 9.17) is 4.74 Å². The number of rotatable bonds is 6. The summed E-state index contributed by atoms with van der Waals surface area (Å²) >= 11 is 0. The first kappa shape index (κ1) is 15.8. The van der Waals surface area contributed by atoms with Crippen LogP contribution in [0.15, 0.2) is 30.3 Å². The smallest absolute Gasteiger partial charge is 0.305 e. The molecule has 0 unspecified atom stereocenters. The molecule has 1 aliphatic heterocycles. The van der Waals surface area contributed by atoms with Crippen LogP contribution in [0.1, 0.15) is 37.3 Å². The summed E-state index contributed by atoms with van der Waals surface area (Å²) in [7, 11) is 0. The van der Waals surface area contributed by atoms with E-state index in [1.165, 1.54) is 16.7 Å². The van der Waals surface area contributed by atoms with E-state index in [1.54, 1.807) is 0 Å². The maximum Gasteiger partial charge on any atom is 0.305 e. The van der Waals surface area contributed by atoms with E-state index in [1.807, 2.05) is 6.92 Å². The van der Waals surface area contributed by atoms with Gasteiger partial charge in [0.15, 0.2) is 0 Å². The minimum atomic E-state index is -0.0783. The summed E-state index contributed by atoms with van der Waals surface area (Å²) in [6, 6.07) is 8.75. The lowest BCUT2D eigenvalue weighted by Gasteiger charge is -2.26. The van der Waals surface area contributed by atoms with Crippen molar-refractivity contribution in [3.8, 4) is 0 Å². The van der Waals surface area contributed by atoms with Gasteiger partial charge in [0.1, 0.15) is 0 Å². The van der Waals surface area contributed by atoms with Crippen molar-refractivity contribution in [1.29, 1.82) is 0 Å². The van der Waals surface area contributed by atoms with Crippen LogP contribution in [0.25, 0.3) is 5.57 Å². The lowest BCUT2D eigenvalue weighted by Crippen LogP contribution is -2.29. The molecule has 1 aromatic rings. The summed E-state index contributed by atoms with van der Waals surface area (Å²) < 4.78 is 4.95. The molecule has 0 aliphatic carbocycles. The Kier molecular flexibility index (Phi) is 6.00. The van der Waals surface area contributed by atoms with Gasteiger partial charge >= 0.3 is 5.97 Å². The zero-order chi connectivity index (χ0) is 15.1. The van der Waals surface area contributed by atoms with Crippen molar-refractivity contribution in [2.45, 2.75) is 33.1 Å². The molecular weight excluding hydrogens is 262 g/mol. The van der Waals surface area contributed by atoms with Gasteiger partial charge < -0.3 is 4.74 Å². The first-order valence-corrected chi connectivity index (χ1v) is 7.83. The fourth-order valence-electron chi connectivity index (χ4n) is 2.62. The summed E-state index contributed by atoms with van der Waals surface area (Å²) in [6.07, 6.45) is 4.81. The lowest BCUT2D eigenvalue weighted by atomic mass is 9.98. The van der Waals surface area contributed by atoms with Gasteiger partial charge in [-0.2, -0.15) is 0 Å². The predicted molar refractivity (Wildman–Crippen MR) is 86.1 cm³/mol. The van der Waals surface area contributed by atoms with Gasteiger partial charge in [-0.15, -0.1) is 0 Å². The first-order chi connectivity index (χ1) is 10.2. The molecule has 0 atom stereocenters. The SMILES string of the molecule is CCOC(=O)CCCN1CC=C(c2ccc(C)cc2)CC1. The molecule has 1 aromatic carbocycles. The van der Waals surface area contributed by atoms with Crippen LogP contribution in [0, 0.1) is 6.92 Å². The second-order valence-electron chi connectivity index (χ2n) is 5.55. The molecule has 0 spiro atoms. The second kappa shape index (κ2) is 7.99. The molecular formula is C18H25NO2. The summed E-state index contributed by atoms with van der Waals surface area (Å²) in [5.41, 5.74) is 4.08. The molecule has 2 rings (SSSR count). The topological polar surface area (TPSA) is 29.5 Å². The number of carbonyl (C=O) groups is 1. The van der Waals surface area contributed by atoms with Crippen LogP contribution in [-0.4, -0.2) is 37.1 Å². The van der Waals surface area contributed by atoms with Gasteiger partial charge in [-0.1, -0.05) is 35.9 Å². The van der Waals surface area contributed by atoms with E-state index in [2.05, 4.69) is 42.2 Å². The number of nitrogens with zero attached hydrogens (tertiary/aromatic N) is 1. The molecule has 0 aromatic heterocycles. The van der Waals surface area contributed by atoms with Crippen molar-refractivity contribution in [3.63, 3.8) is 0 Å². The first-order valence-electron chi connectivity index (χ1n) is 7.83. The van der Waals surface area contributed by atoms with Crippen molar-refractivity contribution < 1.29 is 9.53 Å². The van der Waals surface area contributed by atoms with Gasteiger partial charge in [0.05, 0.1) is 6.61 Å². The Bertz CT molecular complexity index is 490. The lowest BCUT2D eigenvalue weighted by molar-refractivity contribution is -0.143. The molecule has 0 amide bonds. The zero-order valence-corrected chi connectivity index (χ0v) is 13.1. The molecule has 3 nitrogen and oxygen atoms in total. The third-order valence-electron chi connectivity index (χ3n) is 3.88. The predicted octanol–water partition coefficient (Wildman–Crippen LogP) is 3.43. The maximum atomic E-state index is 11.3. The highest BCUT2D eigenvalue weighted by molar-refractivity contribution is 5.69. The third kappa shape index (κ3) is 5.01. The minimum Gasteiger partial charge on any atom is -0.466 e. The molecule has 3 heteroatoms. The Morgan fingerprint density at radius 3 is 2.67 bits per heavy atom. The molecule has 0 bridgehead atoms. The quantitative estimate of drug-likeness (QED) is 0.751. The zero-order valence-electron chi connectivity index (χ0n) is 13.1. The van der Waals surface area contributed by atoms with Crippen molar-refractivity contribution in [1.82, 2.24) is 4.90 Å². The number of aryl methyl sites for hydroxylation is 1. The Morgan fingerprint density at radius 1 is 1.29 bits per heavy atom. The van der Waals surface area contributed by atoms with Crippen LogP contribution in [-0.2, 0) is 9.53 Å². The standard InChI is InChI=1S/C18H25NO2/c1-3-21-18(20)5-4-12-19-13-10-17(11-14-19)16-8-6-15(2)7-9-16/h6-10H,3-5,11-14H2,1-2H3. The Balaban J connectivity index is 1.76. The van der Waals surface area contributed by atoms with Crippen LogP contribution in [0.4, 0.5) is 0 Å². The highest BCUT2D eigenvalue weighted by atomic mass is 16.5. The number of carbonyl (C=O) groups excluding carboxylic acids is 1. The van der Waals surface area contributed by atoms with Crippen molar-refractivity contribution in [2.75, 3.05) is 26.2 Å². The van der Waals surface area contributed by atoms with Gasteiger partial charge in [0.25, 0.3) is 0 Å². The summed E-state index contributed by atoms with van der Waals surface area (Å²) in [5.74, 6) is -0.0783. The van der Waals surface area contributed by atoms with Gasteiger partial charge in [-0.25, -0.2) is 0 Å². The number of esters is 1. The van der Waals surface area contributed by atoms with E-state index in [-0.39, 0.29) is 5.97 Å². The van der Waals surface area contributed by atoms with Gasteiger partial charge in [0, 0.05) is 19.5 Å². The molecule has 0 saturated carbocycles. The Morgan fingerprint density at radius 2 is 2.05 bits per heavy atom. The Labute approximate surface area is 127 Å². The minimum absolute atomic E-state index is 0.0783. The largest absolute Gasteiger partial charge is 0.466 e. The average molecular weight is 287 g/mol. The fraction of sp³-hybridized carbons (Fsp3) is 0.500. The fourth-order valence-corrected chi connectivity index (χ4v) is 2.62. The van der Waals surface area contributed by atoms with Gasteiger partial charge in [0.2, 0.25) is 0 Å². The average Bonchev–Trinajstić information content (AvgIpc) is 2.49. The second-order valence-corrected chi connectivity index (χ2v) is 5.55. The molecule has 0 saturated heterocycles. The van der Waals surface area contributed by atoms with E-state index in [0.29, 0.717) is 13.0 Å². The molecule has 0 radical (unpaired) electrons. The maximum absolute atomic E-state index is 11.3. The molecule has 1 heterocycles. The molecule has 1 aliphatic rings. The van der Waals surface area contributed by atoms with Crippen LogP contribution in [0.3, 0.4) is 0 Å². The number of benzene rings is 1. The van der Waals surface area contributed by atoms with Crippen LogP contribution >= 0.6 is 0 Å². The van der Waals surface area contributed by atoms with Crippen molar-refractivity contribution in [2.24, 2.45) is 0 Å². The molecule has 114 valence electrons. The van der Waals surface area contributed by atoms with Gasteiger partial charge in [-0.05, 0) is 44.4 Å². The molecule has 0 N–H and O–H groups in total. The van der Waals surface area contributed by atoms with E-state index < -0.39 is 0 Å². The summed E-state index contributed by atoms with van der Waals surface area (Å²) in [5, 5.41) is 0. The van der Waals surface area contributed by atoms with E-state index in [0.717, 1.165) is 32.5 Å². The third-order valence-corrected chi connectivity index (χ3v) is 3.88. The van der Waals surface area contributed by atoms with Crippen LogP contribution in [0.5, 0.6) is 0 Å². The molecule has 21 heavy (non-hydrogen) atoms. The number of hydrogen-bond donors (Lipinski definition) is 0. The highest BCUT2D eigenvalue weighted by Gasteiger charge is 2.13. The Hall–Kier alpha value is -1.61. The monoisotopic (exact) mass is 287 g/mol. The molecule has 0 fully saturated rings.